The van der Waals surface area contributed by atoms with Crippen molar-refractivity contribution in [2.24, 2.45) is 11.7 Å². The molecule has 0 spiro atoms. The van der Waals surface area contributed by atoms with Crippen molar-refractivity contribution in [2.75, 3.05) is 10.6 Å². The Balaban J connectivity index is 1.54. The lowest BCUT2D eigenvalue weighted by atomic mass is 10.0. The van der Waals surface area contributed by atoms with E-state index in [0.29, 0.717) is 5.82 Å². The third-order valence-electron chi connectivity index (χ3n) is 5.78. The normalized spacial score (nSPS) is 20.0. The average Bonchev–Trinajstić information content (AvgIpc) is 3.12. The summed E-state index contributed by atoms with van der Waals surface area (Å²) < 4.78 is 0. The molecule has 32 heavy (non-hydrogen) atoms. The van der Waals surface area contributed by atoms with Crippen LogP contribution in [0.15, 0.2) is 55.4 Å². The number of primary amides is 1. The van der Waals surface area contributed by atoms with Crippen LogP contribution in [0.2, 0.25) is 0 Å². The number of pyridine rings is 1. The number of fused-ring (bicyclic) bond motifs is 1. The van der Waals surface area contributed by atoms with Gasteiger partial charge < -0.3 is 21.7 Å². The van der Waals surface area contributed by atoms with Gasteiger partial charge in [-0.15, -0.1) is 0 Å². The number of anilines is 3. The summed E-state index contributed by atoms with van der Waals surface area (Å²) in [6.45, 7) is 5.58. The largest absolute Gasteiger partial charge is 0.366 e. The van der Waals surface area contributed by atoms with E-state index >= 15 is 0 Å². The van der Waals surface area contributed by atoms with Crippen LogP contribution < -0.4 is 21.7 Å². The van der Waals surface area contributed by atoms with E-state index in [1.54, 1.807) is 6.20 Å². The monoisotopic (exact) mass is 431 g/mol. The molecule has 1 aromatic carbocycles. The number of hydrogen-bond donors (Lipinski definition) is 4. The fourth-order valence-electron chi connectivity index (χ4n) is 4.02. The van der Waals surface area contributed by atoms with Crippen LogP contribution in [0.4, 0.5) is 17.3 Å². The van der Waals surface area contributed by atoms with Gasteiger partial charge >= 0.3 is 0 Å². The van der Waals surface area contributed by atoms with Crippen molar-refractivity contribution < 1.29 is 9.59 Å². The lowest BCUT2D eigenvalue weighted by molar-refractivity contribution is -0.117. The molecule has 0 aliphatic heterocycles. The van der Waals surface area contributed by atoms with E-state index in [-0.39, 0.29) is 35.4 Å². The van der Waals surface area contributed by atoms with Crippen LogP contribution in [0.5, 0.6) is 0 Å². The Kier molecular flexibility index (Phi) is 5.98. The Bertz CT molecular complexity index is 1180. The second-order valence-electron chi connectivity index (χ2n) is 7.86. The molecule has 2 heterocycles. The van der Waals surface area contributed by atoms with Gasteiger partial charge in [-0.05, 0) is 49.1 Å². The molecule has 2 aromatic heterocycles. The van der Waals surface area contributed by atoms with Crippen molar-refractivity contribution >= 4 is 40.0 Å². The first kappa shape index (κ1) is 21.2. The maximum Gasteiger partial charge on any atom is 0.271 e. The Labute approximate surface area is 185 Å². The molecule has 0 bridgehead atoms. The van der Waals surface area contributed by atoms with E-state index in [1.165, 1.54) is 12.3 Å². The molecule has 0 radical (unpaired) electrons. The first-order valence-corrected chi connectivity index (χ1v) is 10.4. The third kappa shape index (κ3) is 4.51. The molecular formula is C23H25N7O2. The van der Waals surface area contributed by atoms with Gasteiger partial charge in [0.15, 0.2) is 11.5 Å². The summed E-state index contributed by atoms with van der Waals surface area (Å²) in [7, 11) is 0. The maximum atomic E-state index is 11.9. The lowest BCUT2D eigenvalue weighted by Crippen LogP contribution is -2.39. The highest BCUT2D eigenvalue weighted by atomic mass is 16.2. The second-order valence-corrected chi connectivity index (χ2v) is 7.86. The summed E-state index contributed by atoms with van der Waals surface area (Å²) in [5.74, 6) is 0.127. The smallest absolute Gasteiger partial charge is 0.271 e. The summed E-state index contributed by atoms with van der Waals surface area (Å²) in [6.07, 6.45) is 6.23. The van der Waals surface area contributed by atoms with Gasteiger partial charge in [-0.2, -0.15) is 0 Å². The summed E-state index contributed by atoms with van der Waals surface area (Å²) >= 11 is 0. The van der Waals surface area contributed by atoms with Crippen molar-refractivity contribution in [3.05, 3.63) is 61.1 Å². The number of hydrogen-bond acceptors (Lipinski definition) is 7. The van der Waals surface area contributed by atoms with Crippen LogP contribution in [0.1, 0.15) is 30.3 Å². The molecule has 1 saturated carbocycles. The van der Waals surface area contributed by atoms with Gasteiger partial charge in [-0.25, -0.2) is 9.97 Å². The Hall–Kier alpha value is -4.01. The van der Waals surface area contributed by atoms with Crippen molar-refractivity contribution in [1.82, 2.24) is 20.3 Å². The molecule has 164 valence electrons. The number of carbonyl (C=O) groups excluding carboxylic acids is 2. The quantitative estimate of drug-likeness (QED) is 0.422. The first-order chi connectivity index (χ1) is 15.4. The highest BCUT2D eigenvalue weighted by Gasteiger charge is 2.33. The zero-order valence-electron chi connectivity index (χ0n) is 17.7. The molecule has 1 fully saturated rings. The zero-order chi connectivity index (χ0) is 22.7. The van der Waals surface area contributed by atoms with Crippen molar-refractivity contribution in [3.8, 4) is 0 Å². The zero-order valence-corrected chi connectivity index (χ0v) is 17.7. The van der Waals surface area contributed by atoms with Crippen LogP contribution in [0.25, 0.3) is 10.9 Å². The number of carbonyl (C=O) groups is 2. The highest BCUT2D eigenvalue weighted by Crippen LogP contribution is 2.29. The van der Waals surface area contributed by atoms with Gasteiger partial charge in [0.1, 0.15) is 5.82 Å². The minimum absolute atomic E-state index is 0.0532. The first-order valence-electron chi connectivity index (χ1n) is 10.4. The van der Waals surface area contributed by atoms with E-state index in [0.717, 1.165) is 29.4 Å². The number of rotatable bonds is 7. The van der Waals surface area contributed by atoms with Gasteiger partial charge in [-0.3, -0.25) is 14.6 Å². The van der Waals surface area contributed by atoms with Crippen molar-refractivity contribution in [1.29, 1.82) is 0 Å². The minimum Gasteiger partial charge on any atom is -0.366 e. The van der Waals surface area contributed by atoms with Gasteiger partial charge in [0, 0.05) is 29.4 Å². The molecule has 4 rings (SSSR count). The molecular weight excluding hydrogens is 406 g/mol. The molecule has 1 aliphatic rings. The van der Waals surface area contributed by atoms with Gasteiger partial charge in [0.25, 0.3) is 5.91 Å². The minimum atomic E-state index is -0.671. The fraction of sp³-hybridized carbons (Fsp3) is 0.261. The number of amides is 2. The van der Waals surface area contributed by atoms with E-state index in [1.807, 2.05) is 30.3 Å². The number of aromatic nitrogens is 3. The number of nitrogens with two attached hydrogens (primary N) is 1. The van der Waals surface area contributed by atoms with Crippen molar-refractivity contribution in [2.45, 2.75) is 31.8 Å². The molecule has 9 heteroatoms. The van der Waals surface area contributed by atoms with E-state index < -0.39 is 5.91 Å². The molecule has 1 unspecified atom stereocenters. The number of nitrogens with one attached hydrogen (secondary N) is 3. The summed E-state index contributed by atoms with van der Waals surface area (Å²) in [5, 5.41) is 10.5. The third-order valence-corrected chi connectivity index (χ3v) is 5.78. The summed E-state index contributed by atoms with van der Waals surface area (Å²) in [6, 6.07) is 9.62. The summed E-state index contributed by atoms with van der Waals surface area (Å²) in [5.41, 5.74) is 7.17. The van der Waals surface area contributed by atoms with Crippen LogP contribution in [0, 0.1) is 5.92 Å². The van der Waals surface area contributed by atoms with Gasteiger partial charge in [0.2, 0.25) is 5.91 Å². The Morgan fingerprint density at radius 2 is 2.00 bits per heavy atom. The SMILES string of the molecule is C=CC(=O)NC1CC[C@@H](Nc2cnc(C(N)=O)c(Nc3ccc4ncccc4c3)n2)[C@H]1C. The molecule has 3 aromatic rings. The van der Waals surface area contributed by atoms with Crippen molar-refractivity contribution in [3.63, 3.8) is 0 Å². The predicted octanol–water partition coefficient (Wildman–Crippen LogP) is 2.75. The van der Waals surface area contributed by atoms with E-state index in [9.17, 15) is 9.59 Å². The maximum absolute atomic E-state index is 11.9. The number of benzene rings is 1. The molecule has 9 nitrogen and oxygen atoms in total. The number of nitrogens with zero attached hydrogens (tertiary/aromatic N) is 3. The lowest BCUT2D eigenvalue weighted by Gasteiger charge is -2.23. The predicted molar refractivity (Wildman–Crippen MR) is 124 cm³/mol. The van der Waals surface area contributed by atoms with Crippen LogP contribution in [-0.2, 0) is 4.79 Å². The second kappa shape index (κ2) is 9.01. The Morgan fingerprint density at radius 3 is 2.78 bits per heavy atom. The molecule has 3 atom stereocenters. The van der Waals surface area contributed by atoms with Gasteiger partial charge in [0.05, 0.1) is 11.7 Å². The molecule has 2 amide bonds. The Morgan fingerprint density at radius 1 is 1.19 bits per heavy atom. The average molecular weight is 432 g/mol. The topological polar surface area (TPSA) is 135 Å². The van der Waals surface area contributed by atoms with E-state index in [4.69, 9.17) is 5.73 Å². The molecule has 5 N–H and O–H groups in total. The van der Waals surface area contributed by atoms with Gasteiger partial charge in [-0.1, -0.05) is 19.6 Å². The molecule has 1 aliphatic carbocycles. The fourth-order valence-corrected chi connectivity index (χ4v) is 4.02. The van der Waals surface area contributed by atoms with E-state index in [2.05, 4.69) is 44.4 Å². The standard InChI is InChI=1S/C23H25N7O2/c1-3-20(31)29-17-9-8-16(13(17)2)28-19-12-26-21(22(24)32)23(30-19)27-15-6-7-18-14(11-15)5-4-10-25-18/h3-7,10-13,16-17H,1,8-9H2,2H3,(H2,24,32)(H,29,31)(H2,27,28,30)/t13-,16-,17?/m1/s1. The van der Waals surface area contributed by atoms with Crippen LogP contribution >= 0.6 is 0 Å². The summed E-state index contributed by atoms with van der Waals surface area (Å²) in [4.78, 5) is 36.7. The molecule has 0 saturated heterocycles. The van der Waals surface area contributed by atoms with Crippen LogP contribution in [-0.4, -0.2) is 38.8 Å². The van der Waals surface area contributed by atoms with Crippen LogP contribution in [0.3, 0.4) is 0 Å². The highest BCUT2D eigenvalue weighted by molar-refractivity contribution is 5.96.